The van der Waals surface area contributed by atoms with Crippen molar-refractivity contribution in [3.63, 3.8) is 0 Å². The quantitative estimate of drug-likeness (QED) is 0.850. The molecule has 0 aromatic heterocycles. The number of hydrogen-bond acceptors (Lipinski definition) is 3. The van der Waals surface area contributed by atoms with Gasteiger partial charge in [0.15, 0.2) is 0 Å². The molecule has 4 heteroatoms. The van der Waals surface area contributed by atoms with Crippen LogP contribution in [0.15, 0.2) is 16.6 Å². The van der Waals surface area contributed by atoms with E-state index in [0.717, 1.165) is 41.8 Å². The van der Waals surface area contributed by atoms with Gasteiger partial charge in [0.1, 0.15) is 11.9 Å². The van der Waals surface area contributed by atoms with Crippen LogP contribution < -0.4 is 10.5 Å². The topological polar surface area (TPSA) is 44.5 Å². The highest BCUT2D eigenvalue weighted by atomic mass is 79.9. The van der Waals surface area contributed by atoms with Crippen LogP contribution >= 0.6 is 15.9 Å². The Bertz CT molecular complexity index is 352. The summed E-state index contributed by atoms with van der Waals surface area (Å²) in [5.41, 5.74) is 7.71. The van der Waals surface area contributed by atoms with E-state index >= 15 is 0 Å². The predicted molar refractivity (Wildman–Crippen MR) is 67.8 cm³/mol. The van der Waals surface area contributed by atoms with Crippen LogP contribution in [0, 0.1) is 6.92 Å². The van der Waals surface area contributed by atoms with Gasteiger partial charge in [-0.15, -0.1) is 0 Å². The molecular weight excluding hydrogens is 270 g/mol. The van der Waals surface area contributed by atoms with E-state index in [1.54, 1.807) is 0 Å². The van der Waals surface area contributed by atoms with Crippen LogP contribution in [0.4, 0.5) is 5.69 Å². The van der Waals surface area contributed by atoms with Crippen molar-refractivity contribution in [2.75, 3.05) is 18.9 Å². The normalized spacial score (nSPS) is 17.4. The standard InChI is InChI=1S/C12H16BrNO2/c1-8-6-9(13)7-11(14)12(8)16-10-2-4-15-5-3-10/h6-7,10H,2-5,14H2,1H3. The lowest BCUT2D eigenvalue weighted by Crippen LogP contribution is -2.26. The molecule has 1 saturated heterocycles. The van der Waals surface area contributed by atoms with Crippen molar-refractivity contribution in [2.45, 2.75) is 25.9 Å². The van der Waals surface area contributed by atoms with Gasteiger partial charge >= 0.3 is 0 Å². The molecule has 88 valence electrons. The minimum atomic E-state index is 0.232. The molecule has 0 spiro atoms. The molecule has 0 saturated carbocycles. The molecule has 1 heterocycles. The summed E-state index contributed by atoms with van der Waals surface area (Å²) in [4.78, 5) is 0. The van der Waals surface area contributed by atoms with Gasteiger partial charge < -0.3 is 15.2 Å². The van der Waals surface area contributed by atoms with Crippen molar-refractivity contribution in [1.82, 2.24) is 0 Å². The van der Waals surface area contributed by atoms with Gasteiger partial charge in [-0.3, -0.25) is 0 Å². The third-order valence-corrected chi connectivity index (χ3v) is 3.18. The monoisotopic (exact) mass is 285 g/mol. The van der Waals surface area contributed by atoms with Gasteiger partial charge in [-0.2, -0.15) is 0 Å². The second-order valence-electron chi connectivity index (χ2n) is 4.07. The number of halogens is 1. The third kappa shape index (κ3) is 2.68. The van der Waals surface area contributed by atoms with E-state index < -0.39 is 0 Å². The molecule has 1 aliphatic rings. The van der Waals surface area contributed by atoms with Crippen LogP contribution in [0.25, 0.3) is 0 Å². The summed E-state index contributed by atoms with van der Waals surface area (Å²) in [5.74, 6) is 0.815. The number of ether oxygens (including phenoxy) is 2. The fourth-order valence-electron chi connectivity index (χ4n) is 1.88. The van der Waals surface area contributed by atoms with Crippen molar-refractivity contribution in [3.05, 3.63) is 22.2 Å². The SMILES string of the molecule is Cc1cc(Br)cc(N)c1OC1CCOCC1. The number of nitrogens with two attached hydrogens (primary N) is 1. The molecule has 0 aliphatic carbocycles. The molecule has 16 heavy (non-hydrogen) atoms. The zero-order valence-electron chi connectivity index (χ0n) is 9.33. The Morgan fingerprint density at radius 1 is 1.38 bits per heavy atom. The van der Waals surface area contributed by atoms with E-state index in [9.17, 15) is 0 Å². The van der Waals surface area contributed by atoms with Crippen LogP contribution in [0.2, 0.25) is 0 Å². The van der Waals surface area contributed by atoms with E-state index in [0.29, 0.717) is 5.69 Å². The molecule has 1 fully saturated rings. The van der Waals surface area contributed by atoms with Crippen molar-refractivity contribution >= 4 is 21.6 Å². The van der Waals surface area contributed by atoms with Crippen molar-refractivity contribution in [1.29, 1.82) is 0 Å². The van der Waals surface area contributed by atoms with Crippen molar-refractivity contribution in [2.24, 2.45) is 0 Å². The minimum absolute atomic E-state index is 0.232. The average Bonchev–Trinajstić information content (AvgIpc) is 2.25. The third-order valence-electron chi connectivity index (χ3n) is 2.72. The molecule has 0 unspecified atom stereocenters. The predicted octanol–water partition coefficient (Wildman–Crippen LogP) is 2.90. The summed E-state index contributed by atoms with van der Waals surface area (Å²) < 4.78 is 12.2. The summed E-state index contributed by atoms with van der Waals surface area (Å²) in [5, 5.41) is 0. The van der Waals surface area contributed by atoms with Crippen LogP contribution in [0.3, 0.4) is 0 Å². The Kier molecular flexibility index (Phi) is 3.71. The number of rotatable bonds is 2. The summed E-state index contributed by atoms with van der Waals surface area (Å²) in [6.45, 7) is 3.57. The maximum Gasteiger partial charge on any atom is 0.145 e. The number of nitrogen functional groups attached to an aromatic ring is 1. The van der Waals surface area contributed by atoms with Gasteiger partial charge in [-0.25, -0.2) is 0 Å². The number of hydrogen-bond donors (Lipinski definition) is 1. The van der Waals surface area contributed by atoms with E-state index in [1.807, 2.05) is 19.1 Å². The van der Waals surface area contributed by atoms with Gasteiger partial charge in [0.25, 0.3) is 0 Å². The molecule has 1 aliphatic heterocycles. The Hall–Kier alpha value is -0.740. The lowest BCUT2D eigenvalue weighted by atomic mass is 10.1. The first-order valence-electron chi connectivity index (χ1n) is 5.47. The molecule has 2 N–H and O–H groups in total. The van der Waals surface area contributed by atoms with E-state index in [4.69, 9.17) is 15.2 Å². The molecular formula is C12H16BrNO2. The molecule has 0 radical (unpaired) electrons. The highest BCUT2D eigenvalue weighted by molar-refractivity contribution is 9.10. The van der Waals surface area contributed by atoms with Gasteiger partial charge in [-0.05, 0) is 24.6 Å². The maximum atomic E-state index is 5.95. The number of aryl methyl sites for hydroxylation is 1. The Morgan fingerprint density at radius 2 is 2.06 bits per heavy atom. The fourth-order valence-corrected chi connectivity index (χ4v) is 2.47. The maximum absolute atomic E-state index is 5.95. The molecule has 3 nitrogen and oxygen atoms in total. The molecule has 2 rings (SSSR count). The molecule has 1 aromatic rings. The van der Waals surface area contributed by atoms with E-state index in [1.165, 1.54) is 0 Å². The molecule has 0 bridgehead atoms. The van der Waals surface area contributed by atoms with Crippen LogP contribution in [0.5, 0.6) is 5.75 Å². The van der Waals surface area contributed by atoms with Gasteiger partial charge in [0.2, 0.25) is 0 Å². The largest absolute Gasteiger partial charge is 0.488 e. The van der Waals surface area contributed by atoms with E-state index in [-0.39, 0.29) is 6.10 Å². The highest BCUT2D eigenvalue weighted by Crippen LogP contribution is 2.32. The average molecular weight is 286 g/mol. The van der Waals surface area contributed by atoms with E-state index in [2.05, 4.69) is 15.9 Å². The Balaban J connectivity index is 2.14. The Labute approximate surface area is 104 Å². The van der Waals surface area contributed by atoms with Crippen molar-refractivity contribution in [3.8, 4) is 5.75 Å². The second kappa shape index (κ2) is 5.06. The number of benzene rings is 1. The zero-order chi connectivity index (χ0) is 11.5. The van der Waals surface area contributed by atoms with Gasteiger partial charge in [0, 0.05) is 17.3 Å². The molecule has 0 amide bonds. The summed E-state index contributed by atoms with van der Waals surface area (Å²) in [7, 11) is 0. The summed E-state index contributed by atoms with van der Waals surface area (Å²) >= 11 is 3.42. The van der Waals surface area contributed by atoms with Crippen LogP contribution in [-0.4, -0.2) is 19.3 Å². The minimum Gasteiger partial charge on any atom is -0.488 e. The highest BCUT2D eigenvalue weighted by Gasteiger charge is 2.17. The first-order chi connectivity index (χ1) is 7.66. The smallest absolute Gasteiger partial charge is 0.145 e. The van der Waals surface area contributed by atoms with Gasteiger partial charge in [-0.1, -0.05) is 15.9 Å². The lowest BCUT2D eigenvalue weighted by molar-refractivity contribution is 0.0256. The summed E-state index contributed by atoms with van der Waals surface area (Å²) in [6.07, 6.45) is 2.11. The Morgan fingerprint density at radius 3 is 2.69 bits per heavy atom. The first-order valence-corrected chi connectivity index (χ1v) is 6.26. The van der Waals surface area contributed by atoms with Crippen molar-refractivity contribution < 1.29 is 9.47 Å². The first kappa shape index (κ1) is 11.7. The number of anilines is 1. The van der Waals surface area contributed by atoms with Crippen LogP contribution in [-0.2, 0) is 4.74 Å². The second-order valence-corrected chi connectivity index (χ2v) is 4.99. The summed E-state index contributed by atoms with van der Waals surface area (Å²) in [6, 6.07) is 3.90. The fraction of sp³-hybridized carbons (Fsp3) is 0.500. The zero-order valence-corrected chi connectivity index (χ0v) is 10.9. The van der Waals surface area contributed by atoms with Gasteiger partial charge in [0.05, 0.1) is 18.9 Å². The van der Waals surface area contributed by atoms with Crippen LogP contribution in [0.1, 0.15) is 18.4 Å². The molecule has 1 aromatic carbocycles. The molecule has 0 atom stereocenters. The lowest BCUT2D eigenvalue weighted by Gasteiger charge is -2.25.